The topological polar surface area (TPSA) is 44.4 Å². The van der Waals surface area contributed by atoms with Crippen LogP contribution in [0.3, 0.4) is 0 Å². The number of rotatable bonds is 6. The maximum atomic E-state index is 11.9. The molecule has 1 amide bonds. The first-order valence-corrected chi connectivity index (χ1v) is 7.95. The fourth-order valence-electron chi connectivity index (χ4n) is 2.46. The quantitative estimate of drug-likeness (QED) is 0.836. The van der Waals surface area contributed by atoms with Crippen molar-refractivity contribution in [3.8, 4) is 0 Å². The van der Waals surface area contributed by atoms with Crippen LogP contribution < -0.4 is 10.6 Å². The highest BCUT2D eigenvalue weighted by Crippen LogP contribution is 2.20. The second-order valence-electron chi connectivity index (χ2n) is 5.25. The van der Waals surface area contributed by atoms with Gasteiger partial charge in [-0.15, -0.1) is 0 Å². The predicted molar refractivity (Wildman–Crippen MR) is 85.9 cm³/mol. The molecule has 1 atom stereocenters. The number of anilines is 1. The summed E-state index contributed by atoms with van der Waals surface area (Å²) < 4.78 is 0.902. The average molecular weight is 340 g/mol. The summed E-state index contributed by atoms with van der Waals surface area (Å²) >= 11 is 3.42. The summed E-state index contributed by atoms with van der Waals surface area (Å²) in [7, 11) is 0. The highest BCUT2D eigenvalue weighted by Gasteiger charge is 2.17. The van der Waals surface area contributed by atoms with E-state index in [-0.39, 0.29) is 5.91 Å². The fraction of sp³-hybridized carbons (Fsp3) is 0.533. The number of hydrogen-bond acceptors (Lipinski definition) is 3. The molecule has 1 aromatic carbocycles. The van der Waals surface area contributed by atoms with Gasteiger partial charge in [0.2, 0.25) is 5.91 Å². The van der Waals surface area contributed by atoms with Crippen LogP contribution in [0.5, 0.6) is 0 Å². The number of benzene rings is 1. The molecule has 1 heterocycles. The Kier molecular flexibility index (Phi) is 6.01. The van der Waals surface area contributed by atoms with Gasteiger partial charge in [0.25, 0.3) is 0 Å². The van der Waals surface area contributed by atoms with Crippen LogP contribution in [-0.2, 0) is 4.79 Å². The Morgan fingerprint density at radius 1 is 1.35 bits per heavy atom. The van der Waals surface area contributed by atoms with Crippen molar-refractivity contribution in [1.82, 2.24) is 10.2 Å². The molecule has 1 aliphatic heterocycles. The van der Waals surface area contributed by atoms with Gasteiger partial charge in [-0.1, -0.05) is 12.1 Å². The lowest BCUT2D eigenvalue weighted by molar-refractivity contribution is -0.115. The minimum atomic E-state index is -0.00878. The Morgan fingerprint density at radius 2 is 2.05 bits per heavy atom. The molecule has 0 aromatic heterocycles. The maximum absolute atomic E-state index is 11.9. The van der Waals surface area contributed by atoms with E-state index in [0.29, 0.717) is 12.6 Å². The molecule has 1 aliphatic rings. The van der Waals surface area contributed by atoms with E-state index in [1.807, 2.05) is 24.3 Å². The SMILES string of the molecule is CC(CNCC(=O)Nc1ccccc1Br)N1CCCC1. The van der Waals surface area contributed by atoms with E-state index >= 15 is 0 Å². The van der Waals surface area contributed by atoms with Gasteiger partial charge < -0.3 is 10.6 Å². The molecule has 1 saturated heterocycles. The second-order valence-corrected chi connectivity index (χ2v) is 6.11. The Bertz CT molecular complexity index is 446. The van der Waals surface area contributed by atoms with Crippen molar-refractivity contribution >= 4 is 27.5 Å². The van der Waals surface area contributed by atoms with Gasteiger partial charge in [0, 0.05) is 17.1 Å². The molecule has 0 bridgehead atoms. The molecule has 1 fully saturated rings. The second kappa shape index (κ2) is 7.76. The van der Waals surface area contributed by atoms with Crippen LogP contribution in [0.4, 0.5) is 5.69 Å². The predicted octanol–water partition coefficient (Wildman–Crippen LogP) is 2.46. The number of para-hydroxylation sites is 1. The van der Waals surface area contributed by atoms with Crippen LogP contribution in [0.25, 0.3) is 0 Å². The smallest absolute Gasteiger partial charge is 0.238 e. The first kappa shape index (κ1) is 15.5. The van der Waals surface area contributed by atoms with E-state index in [2.05, 4.69) is 38.4 Å². The summed E-state index contributed by atoms with van der Waals surface area (Å²) in [5.41, 5.74) is 0.812. The van der Waals surface area contributed by atoms with Gasteiger partial charge in [-0.05, 0) is 60.9 Å². The van der Waals surface area contributed by atoms with Crippen molar-refractivity contribution in [2.24, 2.45) is 0 Å². The zero-order chi connectivity index (χ0) is 14.4. The molecule has 5 heteroatoms. The number of hydrogen-bond donors (Lipinski definition) is 2. The average Bonchev–Trinajstić information content (AvgIpc) is 2.95. The molecule has 2 rings (SSSR count). The third kappa shape index (κ3) is 4.58. The molecule has 1 aromatic rings. The first-order chi connectivity index (χ1) is 9.66. The van der Waals surface area contributed by atoms with Gasteiger partial charge >= 0.3 is 0 Å². The summed E-state index contributed by atoms with van der Waals surface area (Å²) in [6.07, 6.45) is 2.60. The van der Waals surface area contributed by atoms with Crippen molar-refractivity contribution in [2.45, 2.75) is 25.8 Å². The molecular weight excluding hydrogens is 318 g/mol. The van der Waals surface area contributed by atoms with E-state index < -0.39 is 0 Å². The van der Waals surface area contributed by atoms with Crippen molar-refractivity contribution < 1.29 is 4.79 Å². The zero-order valence-electron chi connectivity index (χ0n) is 11.9. The standard InChI is InChI=1S/C15H22BrN3O/c1-12(19-8-4-5-9-19)10-17-11-15(20)18-14-7-3-2-6-13(14)16/h2-3,6-7,12,17H,4-5,8-11H2,1H3,(H,18,20). The Morgan fingerprint density at radius 3 is 2.75 bits per heavy atom. The van der Waals surface area contributed by atoms with E-state index in [4.69, 9.17) is 0 Å². The summed E-state index contributed by atoms with van der Waals surface area (Å²) in [6.45, 7) is 5.78. The molecule has 0 spiro atoms. The van der Waals surface area contributed by atoms with Gasteiger partial charge in [-0.2, -0.15) is 0 Å². The number of carbonyl (C=O) groups excluding carboxylic acids is 1. The van der Waals surface area contributed by atoms with Crippen molar-refractivity contribution in [3.05, 3.63) is 28.7 Å². The lowest BCUT2D eigenvalue weighted by atomic mass is 10.3. The lowest BCUT2D eigenvalue weighted by Crippen LogP contribution is -2.41. The minimum Gasteiger partial charge on any atom is -0.324 e. The number of amides is 1. The van der Waals surface area contributed by atoms with Gasteiger partial charge in [-0.25, -0.2) is 0 Å². The van der Waals surface area contributed by atoms with Crippen LogP contribution in [0.1, 0.15) is 19.8 Å². The lowest BCUT2D eigenvalue weighted by Gasteiger charge is -2.23. The van der Waals surface area contributed by atoms with E-state index in [1.54, 1.807) is 0 Å². The van der Waals surface area contributed by atoms with Gasteiger partial charge in [0.15, 0.2) is 0 Å². The van der Waals surface area contributed by atoms with Gasteiger partial charge in [-0.3, -0.25) is 9.69 Å². The van der Waals surface area contributed by atoms with Crippen LogP contribution in [-0.4, -0.2) is 43.0 Å². The summed E-state index contributed by atoms with van der Waals surface area (Å²) in [5, 5.41) is 6.12. The maximum Gasteiger partial charge on any atom is 0.238 e. The number of likely N-dealkylation sites (tertiary alicyclic amines) is 1. The third-order valence-corrected chi connectivity index (χ3v) is 4.33. The molecular formula is C15H22BrN3O. The molecule has 4 nitrogen and oxygen atoms in total. The van der Waals surface area contributed by atoms with Crippen LogP contribution in [0.15, 0.2) is 28.7 Å². The summed E-state index contributed by atoms with van der Waals surface area (Å²) in [6, 6.07) is 8.13. The van der Waals surface area contributed by atoms with Crippen LogP contribution in [0, 0.1) is 0 Å². The van der Waals surface area contributed by atoms with Crippen LogP contribution >= 0.6 is 15.9 Å². The molecule has 0 radical (unpaired) electrons. The fourth-order valence-corrected chi connectivity index (χ4v) is 2.85. The molecule has 0 saturated carbocycles. The zero-order valence-corrected chi connectivity index (χ0v) is 13.4. The van der Waals surface area contributed by atoms with Crippen molar-refractivity contribution in [3.63, 3.8) is 0 Å². The molecule has 20 heavy (non-hydrogen) atoms. The minimum absolute atomic E-state index is 0.00878. The Hall–Kier alpha value is -0.910. The van der Waals surface area contributed by atoms with Crippen molar-refractivity contribution in [2.75, 3.05) is 31.5 Å². The summed E-state index contributed by atoms with van der Waals surface area (Å²) in [5.74, 6) is -0.00878. The largest absolute Gasteiger partial charge is 0.324 e. The first-order valence-electron chi connectivity index (χ1n) is 7.16. The third-order valence-electron chi connectivity index (χ3n) is 3.64. The highest BCUT2D eigenvalue weighted by atomic mass is 79.9. The molecule has 1 unspecified atom stereocenters. The number of nitrogens with zero attached hydrogens (tertiary/aromatic N) is 1. The molecule has 2 N–H and O–H groups in total. The highest BCUT2D eigenvalue weighted by molar-refractivity contribution is 9.10. The van der Waals surface area contributed by atoms with Crippen molar-refractivity contribution in [1.29, 1.82) is 0 Å². The monoisotopic (exact) mass is 339 g/mol. The number of nitrogens with one attached hydrogen (secondary N) is 2. The Labute approximate surface area is 129 Å². The Balaban J connectivity index is 1.69. The van der Waals surface area contributed by atoms with Crippen LogP contribution in [0.2, 0.25) is 0 Å². The molecule has 110 valence electrons. The van der Waals surface area contributed by atoms with E-state index in [9.17, 15) is 4.79 Å². The van der Waals surface area contributed by atoms with Gasteiger partial charge in [0.1, 0.15) is 0 Å². The number of carbonyl (C=O) groups is 1. The van der Waals surface area contributed by atoms with Gasteiger partial charge in [0.05, 0.1) is 12.2 Å². The summed E-state index contributed by atoms with van der Waals surface area (Å²) in [4.78, 5) is 14.3. The number of halogens is 1. The van der Waals surface area contributed by atoms with E-state index in [0.717, 1.165) is 16.7 Å². The van der Waals surface area contributed by atoms with E-state index in [1.165, 1.54) is 25.9 Å². The normalized spacial score (nSPS) is 17.1. The molecule has 0 aliphatic carbocycles.